The van der Waals surface area contributed by atoms with Gasteiger partial charge in [-0.1, -0.05) is 18.2 Å². The molecule has 59 heavy (non-hydrogen) atoms. The second kappa shape index (κ2) is 17.1. The van der Waals surface area contributed by atoms with Gasteiger partial charge in [-0.25, -0.2) is 0 Å². The first-order valence-corrected chi connectivity index (χ1v) is 18.4. The molecule has 0 aliphatic carbocycles. The van der Waals surface area contributed by atoms with Gasteiger partial charge in [0.2, 0.25) is 12.6 Å². The van der Waals surface area contributed by atoms with Crippen molar-refractivity contribution >= 4 is 12.2 Å². The van der Waals surface area contributed by atoms with Gasteiger partial charge in [-0.3, -0.25) is 0 Å². The van der Waals surface area contributed by atoms with Crippen molar-refractivity contribution in [2.75, 3.05) is 20.3 Å². The third-order valence-electron chi connectivity index (χ3n) is 10.4. The first kappa shape index (κ1) is 41.8. The van der Waals surface area contributed by atoms with Gasteiger partial charge in [-0.2, -0.15) is 0 Å². The third kappa shape index (κ3) is 8.41. The number of methoxy groups -OCH3 is 1. The SMILES string of the molecule is COc1cc(C2Oc3c(O)cc(C=Cc4cc(O)cc(OC5OC(CO)C(O)C(O)C5O)c4)cc3C2c2cc(O)cc(OC3OC(CO)C(O)C(O)C3O)c2)ccc1O. The minimum atomic E-state index is -1.74. The molecular formula is C41H44O18. The maximum atomic E-state index is 11.3. The van der Waals surface area contributed by atoms with Gasteiger partial charge < -0.3 is 89.7 Å². The van der Waals surface area contributed by atoms with Crippen molar-refractivity contribution in [3.05, 3.63) is 94.5 Å². The lowest BCUT2D eigenvalue weighted by molar-refractivity contribution is -0.277. The first-order chi connectivity index (χ1) is 28.2. The van der Waals surface area contributed by atoms with Gasteiger partial charge in [-0.05, 0) is 70.8 Å². The highest BCUT2D eigenvalue weighted by molar-refractivity contribution is 5.74. The molecule has 4 aromatic carbocycles. The van der Waals surface area contributed by atoms with Crippen LogP contribution in [0.25, 0.3) is 12.2 Å². The van der Waals surface area contributed by atoms with E-state index in [1.165, 1.54) is 55.6 Å². The summed E-state index contributed by atoms with van der Waals surface area (Å²) in [6.45, 7) is -1.35. The van der Waals surface area contributed by atoms with Crippen molar-refractivity contribution in [3.63, 3.8) is 0 Å². The molecule has 0 spiro atoms. The summed E-state index contributed by atoms with van der Waals surface area (Å²) in [5, 5.41) is 124. The van der Waals surface area contributed by atoms with Gasteiger partial charge in [0.1, 0.15) is 77.9 Å². The van der Waals surface area contributed by atoms with Crippen molar-refractivity contribution in [2.45, 2.75) is 73.4 Å². The van der Waals surface area contributed by atoms with Crippen molar-refractivity contribution in [2.24, 2.45) is 0 Å². The van der Waals surface area contributed by atoms with Crippen molar-refractivity contribution < 1.29 is 89.7 Å². The van der Waals surface area contributed by atoms with E-state index in [2.05, 4.69) is 0 Å². The van der Waals surface area contributed by atoms with Crippen molar-refractivity contribution in [1.29, 1.82) is 0 Å². The Balaban J connectivity index is 1.23. The van der Waals surface area contributed by atoms with Crippen LogP contribution >= 0.6 is 0 Å². The number of hydrogen-bond acceptors (Lipinski definition) is 18. The Morgan fingerprint density at radius 2 is 1.14 bits per heavy atom. The molecule has 18 heteroatoms. The highest BCUT2D eigenvalue weighted by atomic mass is 16.7. The Morgan fingerprint density at radius 3 is 1.71 bits per heavy atom. The summed E-state index contributed by atoms with van der Waals surface area (Å²) in [6, 6.07) is 16.0. The highest BCUT2D eigenvalue weighted by Gasteiger charge is 2.46. The first-order valence-electron chi connectivity index (χ1n) is 18.4. The number of phenolic OH excluding ortho intramolecular Hbond substituents is 4. The minimum Gasteiger partial charge on any atom is -0.508 e. The molecule has 0 amide bonds. The number of aliphatic hydroxyl groups is 8. The lowest BCUT2D eigenvalue weighted by Crippen LogP contribution is -2.60. The Bertz CT molecular complexity index is 2160. The Kier molecular flexibility index (Phi) is 12.1. The van der Waals surface area contributed by atoms with E-state index in [0.717, 1.165) is 0 Å². The fourth-order valence-corrected chi connectivity index (χ4v) is 7.37. The van der Waals surface area contributed by atoms with E-state index < -0.39 is 86.6 Å². The van der Waals surface area contributed by atoms with E-state index in [1.54, 1.807) is 30.4 Å². The van der Waals surface area contributed by atoms with Crippen LogP contribution in [-0.2, 0) is 9.47 Å². The van der Waals surface area contributed by atoms with Gasteiger partial charge in [0.25, 0.3) is 0 Å². The van der Waals surface area contributed by atoms with Gasteiger partial charge in [-0.15, -0.1) is 0 Å². The maximum absolute atomic E-state index is 11.3. The minimum absolute atomic E-state index is 0.0111. The molecule has 3 aliphatic heterocycles. The molecular weight excluding hydrogens is 780 g/mol. The summed E-state index contributed by atoms with van der Waals surface area (Å²) in [5.41, 5.74) is 2.15. The summed E-state index contributed by atoms with van der Waals surface area (Å²) in [4.78, 5) is 0. The van der Waals surface area contributed by atoms with Crippen molar-refractivity contribution in [3.8, 4) is 46.0 Å². The molecule has 0 bridgehead atoms. The van der Waals surface area contributed by atoms with E-state index in [4.69, 9.17) is 28.4 Å². The lowest BCUT2D eigenvalue weighted by atomic mass is 9.84. The van der Waals surface area contributed by atoms with E-state index in [-0.39, 0.29) is 46.0 Å². The molecule has 0 aromatic heterocycles. The van der Waals surface area contributed by atoms with Crippen LogP contribution in [0.4, 0.5) is 0 Å². The lowest BCUT2D eigenvalue weighted by Gasteiger charge is -2.39. The molecule has 2 fully saturated rings. The van der Waals surface area contributed by atoms with Crippen LogP contribution in [0.5, 0.6) is 46.0 Å². The predicted molar refractivity (Wildman–Crippen MR) is 202 cm³/mol. The van der Waals surface area contributed by atoms with E-state index >= 15 is 0 Å². The average Bonchev–Trinajstić information content (AvgIpc) is 3.60. The number of aliphatic hydroxyl groups excluding tert-OH is 8. The van der Waals surface area contributed by atoms with Crippen molar-refractivity contribution in [1.82, 2.24) is 0 Å². The number of hydrogen-bond donors (Lipinski definition) is 12. The molecule has 2 saturated heterocycles. The van der Waals surface area contributed by atoms with Crippen LogP contribution in [-0.4, -0.2) is 143 Å². The standard InChI is InChI=1S/C41H44O18/c1-54-28-12-19(4-5-26(28)46)38-31(20-10-22(45)14-24(11-20)56-41-37(53)35(51)33(49)30(16-43)58-41)25-8-18(9-27(47)39(25)59-38)3-2-17-6-21(44)13-23(7-17)55-40-36(52)34(50)32(48)29(15-42)57-40/h2-14,29-38,40-53H,15-16H2,1H3. The molecule has 0 saturated carbocycles. The normalized spacial score (nSPS) is 30.5. The molecule has 12 atom stereocenters. The van der Waals surface area contributed by atoms with Crippen LogP contribution in [0.2, 0.25) is 0 Å². The van der Waals surface area contributed by atoms with Crippen LogP contribution < -0.4 is 18.9 Å². The molecule has 12 unspecified atom stereocenters. The Morgan fingerprint density at radius 1 is 0.576 bits per heavy atom. The quantitative estimate of drug-likeness (QED) is 0.0906. The number of benzene rings is 4. The molecule has 3 heterocycles. The van der Waals surface area contributed by atoms with Gasteiger partial charge >= 0.3 is 0 Å². The molecule has 0 radical (unpaired) electrons. The number of fused-ring (bicyclic) bond motifs is 1. The monoisotopic (exact) mass is 824 g/mol. The zero-order valence-corrected chi connectivity index (χ0v) is 31.2. The van der Waals surface area contributed by atoms with E-state index in [0.29, 0.717) is 27.8 Å². The molecule has 316 valence electrons. The number of rotatable bonds is 11. The molecule has 4 aromatic rings. The summed E-state index contributed by atoms with van der Waals surface area (Å²) in [7, 11) is 1.37. The van der Waals surface area contributed by atoms with E-state index in [1.807, 2.05) is 0 Å². The summed E-state index contributed by atoms with van der Waals surface area (Å²) in [5.74, 6) is -1.53. The third-order valence-corrected chi connectivity index (χ3v) is 10.4. The van der Waals surface area contributed by atoms with Crippen LogP contribution in [0.3, 0.4) is 0 Å². The zero-order valence-electron chi connectivity index (χ0n) is 31.2. The Hall–Kier alpha value is -5.38. The van der Waals surface area contributed by atoms with Gasteiger partial charge in [0.15, 0.2) is 23.0 Å². The largest absolute Gasteiger partial charge is 0.508 e. The molecule has 3 aliphatic rings. The highest BCUT2D eigenvalue weighted by Crippen LogP contribution is 2.55. The molecule has 7 rings (SSSR count). The van der Waals surface area contributed by atoms with Gasteiger partial charge in [0.05, 0.1) is 26.2 Å². The second-order valence-electron chi connectivity index (χ2n) is 14.4. The van der Waals surface area contributed by atoms with Gasteiger partial charge in [0, 0.05) is 17.7 Å². The second-order valence-corrected chi connectivity index (χ2v) is 14.4. The summed E-state index contributed by atoms with van der Waals surface area (Å²) in [6.07, 6.45) is -13.3. The van der Waals surface area contributed by atoms with Crippen LogP contribution in [0.15, 0.2) is 66.7 Å². The summed E-state index contributed by atoms with van der Waals surface area (Å²) < 4.78 is 34.2. The predicted octanol–water partition coefficient (Wildman–Crippen LogP) is 0.311. The molecule has 12 N–H and O–H groups in total. The van der Waals surface area contributed by atoms with E-state index in [9.17, 15) is 61.3 Å². The van der Waals surface area contributed by atoms with Crippen LogP contribution in [0, 0.1) is 0 Å². The fourth-order valence-electron chi connectivity index (χ4n) is 7.37. The fraction of sp³-hybridized carbons (Fsp3) is 0.366. The number of aromatic hydroxyl groups is 4. The Labute approximate surface area is 335 Å². The summed E-state index contributed by atoms with van der Waals surface area (Å²) >= 11 is 0. The van der Waals surface area contributed by atoms with Crippen LogP contribution in [0.1, 0.15) is 39.8 Å². The number of phenols is 4. The maximum Gasteiger partial charge on any atom is 0.229 e. The molecule has 18 nitrogen and oxygen atoms in total. The average molecular weight is 825 g/mol. The smallest absolute Gasteiger partial charge is 0.229 e. The number of ether oxygens (including phenoxy) is 6. The topological polar surface area (TPSA) is 298 Å². The zero-order chi connectivity index (χ0) is 42.3.